The molecule has 1 amide bonds. The number of ether oxygens (including phenoxy) is 2. The van der Waals surface area contributed by atoms with Crippen LogP contribution in [0.2, 0.25) is 0 Å². The van der Waals surface area contributed by atoms with Crippen LogP contribution in [0.1, 0.15) is 15.9 Å². The molecule has 0 saturated heterocycles. The summed E-state index contributed by atoms with van der Waals surface area (Å²) in [5.74, 6) is 0.945. The van der Waals surface area contributed by atoms with Crippen molar-refractivity contribution in [3.63, 3.8) is 0 Å². The Bertz CT molecular complexity index is 667. The van der Waals surface area contributed by atoms with Crippen LogP contribution in [-0.2, 0) is 0 Å². The summed E-state index contributed by atoms with van der Waals surface area (Å²) in [6.45, 7) is 1.76. The topological polar surface area (TPSA) is 67.8 Å². The van der Waals surface area contributed by atoms with Crippen LogP contribution in [-0.4, -0.2) is 25.2 Å². The Kier molecular flexibility index (Phi) is 4.33. The Morgan fingerprint density at radius 3 is 2.48 bits per heavy atom. The molecule has 2 N–H and O–H groups in total. The zero-order chi connectivity index (χ0) is 15.4. The first-order valence-corrected chi connectivity index (χ1v) is 6.38. The SMILES string of the molecule is COc1ccc(C(=O)Nc2ccc(O)c(C)c2)c(OC)c1. The molecule has 0 aliphatic heterocycles. The Labute approximate surface area is 123 Å². The van der Waals surface area contributed by atoms with Crippen molar-refractivity contribution in [1.82, 2.24) is 0 Å². The average molecular weight is 287 g/mol. The summed E-state index contributed by atoms with van der Waals surface area (Å²) in [4.78, 5) is 12.3. The summed E-state index contributed by atoms with van der Waals surface area (Å²) in [6.07, 6.45) is 0. The van der Waals surface area contributed by atoms with Gasteiger partial charge in [0.1, 0.15) is 17.2 Å². The third kappa shape index (κ3) is 3.25. The van der Waals surface area contributed by atoms with E-state index >= 15 is 0 Å². The van der Waals surface area contributed by atoms with E-state index in [-0.39, 0.29) is 11.7 Å². The molecule has 2 aromatic carbocycles. The molecule has 5 heteroatoms. The van der Waals surface area contributed by atoms with Crippen LogP contribution in [0.4, 0.5) is 5.69 Å². The minimum absolute atomic E-state index is 0.190. The van der Waals surface area contributed by atoms with Crippen molar-refractivity contribution in [2.24, 2.45) is 0 Å². The van der Waals surface area contributed by atoms with Gasteiger partial charge in [0.25, 0.3) is 5.91 Å². The fourth-order valence-electron chi connectivity index (χ4n) is 1.92. The predicted octanol–water partition coefficient (Wildman–Crippen LogP) is 2.97. The lowest BCUT2D eigenvalue weighted by Crippen LogP contribution is -2.13. The zero-order valence-corrected chi connectivity index (χ0v) is 12.1. The van der Waals surface area contributed by atoms with Crippen LogP contribution in [0.15, 0.2) is 36.4 Å². The van der Waals surface area contributed by atoms with E-state index in [0.29, 0.717) is 28.3 Å². The van der Waals surface area contributed by atoms with Gasteiger partial charge in [-0.15, -0.1) is 0 Å². The molecular formula is C16H17NO4. The van der Waals surface area contributed by atoms with Crippen molar-refractivity contribution in [3.05, 3.63) is 47.5 Å². The molecule has 2 rings (SSSR count). The average Bonchev–Trinajstić information content (AvgIpc) is 2.50. The molecule has 0 unspecified atom stereocenters. The number of phenolic OH excluding ortho intramolecular Hbond substituents is 1. The fraction of sp³-hybridized carbons (Fsp3) is 0.188. The summed E-state index contributed by atoms with van der Waals surface area (Å²) in [5.41, 5.74) is 1.70. The van der Waals surface area contributed by atoms with E-state index < -0.39 is 0 Å². The van der Waals surface area contributed by atoms with Gasteiger partial charge in [-0.05, 0) is 42.8 Å². The number of anilines is 1. The molecule has 21 heavy (non-hydrogen) atoms. The first-order chi connectivity index (χ1) is 10.0. The number of carbonyl (C=O) groups excluding carboxylic acids is 1. The molecule has 0 radical (unpaired) electrons. The van der Waals surface area contributed by atoms with E-state index in [4.69, 9.17) is 9.47 Å². The van der Waals surface area contributed by atoms with Gasteiger partial charge in [-0.3, -0.25) is 4.79 Å². The highest BCUT2D eigenvalue weighted by Gasteiger charge is 2.13. The molecule has 0 bridgehead atoms. The minimum atomic E-state index is -0.292. The lowest BCUT2D eigenvalue weighted by molar-refractivity contribution is 0.102. The number of methoxy groups -OCH3 is 2. The largest absolute Gasteiger partial charge is 0.508 e. The maximum Gasteiger partial charge on any atom is 0.259 e. The zero-order valence-electron chi connectivity index (χ0n) is 12.1. The molecule has 0 fully saturated rings. The van der Waals surface area contributed by atoms with Gasteiger partial charge in [-0.25, -0.2) is 0 Å². The van der Waals surface area contributed by atoms with E-state index in [0.717, 1.165) is 0 Å². The maximum absolute atomic E-state index is 12.3. The monoisotopic (exact) mass is 287 g/mol. The van der Waals surface area contributed by atoms with Crippen LogP contribution in [0.25, 0.3) is 0 Å². The van der Waals surface area contributed by atoms with E-state index in [2.05, 4.69) is 5.32 Å². The van der Waals surface area contributed by atoms with Crippen LogP contribution in [0.3, 0.4) is 0 Å². The van der Waals surface area contributed by atoms with E-state index in [9.17, 15) is 9.90 Å². The van der Waals surface area contributed by atoms with E-state index in [1.165, 1.54) is 13.2 Å². The molecule has 0 aromatic heterocycles. The van der Waals surface area contributed by atoms with Gasteiger partial charge in [0.2, 0.25) is 0 Å². The van der Waals surface area contributed by atoms with Crippen LogP contribution < -0.4 is 14.8 Å². The van der Waals surface area contributed by atoms with Crippen molar-refractivity contribution in [2.75, 3.05) is 19.5 Å². The van der Waals surface area contributed by atoms with Gasteiger partial charge in [0.15, 0.2) is 0 Å². The van der Waals surface area contributed by atoms with Crippen molar-refractivity contribution in [2.45, 2.75) is 6.92 Å². The van der Waals surface area contributed by atoms with E-state index in [1.54, 1.807) is 44.4 Å². The lowest BCUT2D eigenvalue weighted by Gasteiger charge is -2.11. The smallest absolute Gasteiger partial charge is 0.259 e. The van der Waals surface area contributed by atoms with Gasteiger partial charge in [0, 0.05) is 11.8 Å². The number of aryl methyl sites for hydroxylation is 1. The number of hydrogen-bond donors (Lipinski definition) is 2. The first-order valence-electron chi connectivity index (χ1n) is 6.38. The van der Waals surface area contributed by atoms with Crippen LogP contribution >= 0.6 is 0 Å². The number of hydrogen-bond acceptors (Lipinski definition) is 4. The van der Waals surface area contributed by atoms with Crippen LogP contribution in [0.5, 0.6) is 17.2 Å². The highest BCUT2D eigenvalue weighted by molar-refractivity contribution is 6.06. The summed E-state index contributed by atoms with van der Waals surface area (Å²) in [7, 11) is 3.05. The van der Waals surface area contributed by atoms with Gasteiger partial charge in [-0.2, -0.15) is 0 Å². The Balaban J connectivity index is 2.25. The fourth-order valence-corrected chi connectivity index (χ4v) is 1.92. The number of nitrogens with one attached hydrogen (secondary N) is 1. The minimum Gasteiger partial charge on any atom is -0.508 e. The third-order valence-electron chi connectivity index (χ3n) is 3.11. The number of aromatic hydroxyl groups is 1. The van der Waals surface area contributed by atoms with E-state index in [1.807, 2.05) is 0 Å². The Hall–Kier alpha value is -2.69. The standard InChI is InChI=1S/C16H17NO4/c1-10-8-11(4-7-14(10)18)17-16(19)13-6-5-12(20-2)9-15(13)21-3/h4-9,18H,1-3H3,(H,17,19). The first kappa shape index (κ1) is 14.7. The van der Waals surface area contributed by atoms with Crippen molar-refractivity contribution in [1.29, 1.82) is 0 Å². The second-order valence-electron chi connectivity index (χ2n) is 4.52. The number of rotatable bonds is 4. The number of benzene rings is 2. The number of carbonyl (C=O) groups is 1. The lowest BCUT2D eigenvalue weighted by atomic mass is 10.1. The molecule has 110 valence electrons. The summed E-state index contributed by atoms with van der Waals surface area (Å²) in [6, 6.07) is 9.85. The molecule has 2 aromatic rings. The molecule has 0 spiro atoms. The Morgan fingerprint density at radius 1 is 1.10 bits per heavy atom. The predicted molar refractivity (Wildman–Crippen MR) is 80.3 cm³/mol. The quantitative estimate of drug-likeness (QED) is 0.848. The molecule has 0 atom stereocenters. The second-order valence-corrected chi connectivity index (χ2v) is 4.52. The second kappa shape index (κ2) is 6.17. The van der Waals surface area contributed by atoms with Crippen molar-refractivity contribution < 1.29 is 19.4 Å². The highest BCUT2D eigenvalue weighted by Crippen LogP contribution is 2.26. The molecule has 0 saturated carbocycles. The summed E-state index contributed by atoms with van der Waals surface area (Å²) < 4.78 is 10.3. The van der Waals surface area contributed by atoms with Crippen molar-refractivity contribution >= 4 is 11.6 Å². The van der Waals surface area contributed by atoms with Gasteiger partial charge in [0.05, 0.1) is 19.8 Å². The summed E-state index contributed by atoms with van der Waals surface area (Å²) >= 11 is 0. The van der Waals surface area contributed by atoms with Crippen molar-refractivity contribution in [3.8, 4) is 17.2 Å². The Morgan fingerprint density at radius 2 is 1.86 bits per heavy atom. The van der Waals surface area contributed by atoms with Gasteiger partial charge in [-0.1, -0.05) is 0 Å². The molecule has 0 aliphatic rings. The maximum atomic E-state index is 12.3. The normalized spacial score (nSPS) is 10.0. The molecule has 0 heterocycles. The van der Waals surface area contributed by atoms with Gasteiger partial charge < -0.3 is 19.9 Å². The molecule has 5 nitrogen and oxygen atoms in total. The third-order valence-corrected chi connectivity index (χ3v) is 3.11. The van der Waals surface area contributed by atoms with Gasteiger partial charge >= 0.3 is 0 Å². The van der Waals surface area contributed by atoms with Crippen LogP contribution in [0, 0.1) is 6.92 Å². The highest BCUT2D eigenvalue weighted by atomic mass is 16.5. The molecular weight excluding hydrogens is 270 g/mol. The summed E-state index contributed by atoms with van der Waals surface area (Å²) in [5, 5.41) is 12.3. The molecule has 0 aliphatic carbocycles. The number of phenols is 1. The number of amides is 1.